The number of nitrogens with zero attached hydrogens (tertiary/aromatic N) is 3. The molecule has 0 saturated carbocycles. The summed E-state index contributed by atoms with van der Waals surface area (Å²) in [6, 6.07) is 3.89. The summed E-state index contributed by atoms with van der Waals surface area (Å²) in [4.78, 5) is 46.9. The molecular formula is C23H23N5O5. The topological polar surface area (TPSA) is 141 Å². The first kappa shape index (κ1) is 22.0. The van der Waals surface area contributed by atoms with Gasteiger partial charge in [0, 0.05) is 36.3 Å². The van der Waals surface area contributed by atoms with Gasteiger partial charge in [-0.1, -0.05) is 5.16 Å². The van der Waals surface area contributed by atoms with Gasteiger partial charge in [0.15, 0.2) is 5.82 Å². The van der Waals surface area contributed by atoms with Gasteiger partial charge in [0.25, 0.3) is 11.7 Å². The number of aromatic amines is 1. The van der Waals surface area contributed by atoms with E-state index in [0.29, 0.717) is 34.7 Å². The Morgan fingerprint density at radius 3 is 2.55 bits per heavy atom. The Balaban J connectivity index is 1.94. The largest absolute Gasteiger partial charge is 0.507 e. The number of amides is 2. The van der Waals surface area contributed by atoms with E-state index in [9.17, 15) is 19.5 Å². The summed E-state index contributed by atoms with van der Waals surface area (Å²) < 4.78 is 5.12. The third-order valence-electron chi connectivity index (χ3n) is 5.57. The molecule has 3 aromatic rings. The third-order valence-corrected chi connectivity index (χ3v) is 5.57. The zero-order chi connectivity index (χ0) is 23.9. The Morgan fingerprint density at radius 2 is 1.94 bits per heavy atom. The summed E-state index contributed by atoms with van der Waals surface area (Å²) in [6.07, 6.45) is 3.06. The first-order valence-electron chi connectivity index (χ1n) is 10.4. The monoisotopic (exact) mass is 449 g/mol. The fourth-order valence-electron chi connectivity index (χ4n) is 4.11. The maximum Gasteiger partial charge on any atom is 0.301 e. The van der Waals surface area contributed by atoms with Crippen LogP contribution >= 0.6 is 0 Å². The first-order valence-corrected chi connectivity index (χ1v) is 10.4. The van der Waals surface area contributed by atoms with Crippen molar-refractivity contribution in [2.45, 2.75) is 33.7 Å². The maximum absolute atomic E-state index is 13.2. The summed E-state index contributed by atoms with van der Waals surface area (Å²) in [6.45, 7) is 7.25. The van der Waals surface area contributed by atoms with E-state index in [4.69, 9.17) is 4.52 Å². The Kier molecular flexibility index (Phi) is 5.59. The lowest BCUT2D eigenvalue weighted by Gasteiger charge is -2.22. The molecule has 1 aliphatic heterocycles. The Morgan fingerprint density at radius 1 is 1.24 bits per heavy atom. The first-order chi connectivity index (χ1) is 15.8. The predicted molar refractivity (Wildman–Crippen MR) is 119 cm³/mol. The third kappa shape index (κ3) is 3.59. The zero-order valence-corrected chi connectivity index (χ0v) is 18.6. The number of rotatable bonds is 5. The van der Waals surface area contributed by atoms with Crippen LogP contribution in [0.5, 0.6) is 0 Å². The van der Waals surface area contributed by atoms with Gasteiger partial charge in [-0.15, -0.1) is 0 Å². The van der Waals surface area contributed by atoms with Crippen molar-refractivity contribution in [2.24, 2.45) is 0 Å². The normalized spacial score (nSPS) is 17.6. The number of aliphatic hydroxyl groups excluding tert-OH is 1. The lowest BCUT2D eigenvalue weighted by Crippen LogP contribution is -2.29. The quantitative estimate of drug-likeness (QED) is 0.309. The van der Waals surface area contributed by atoms with Crippen molar-refractivity contribution >= 4 is 29.2 Å². The highest BCUT2D eigenvalue weighted by Gasteiger charge is 2.48. The van der Waals surface area contributed by atoms with Crippen LogP contribution in [-0.2, 0) is 9.59 Å². The van der Waals surface area contributed by atoms with Crippen LogP contribution in [-0.4, -0.2) is 44.4 Å². The van der Waals surface area contributed by atoms with Crippen molar-refractivity contribution in [3.8, 4) is 0 Å². The van der Waals surface area contributed by atoms with E-state index in [1.165, 1.54) is 17.3 Å². The number of aromatic nitrogens is 3. The van der Waals surface area contributed by atoms with Crippen LogP contribution in [0, 0.1) is 20.8 Å². The summed E-state index contributed by atoms with van der Waals surface area (Å²) in [5.74, 6) is -1.80. The Bertz CT molecular complexity index is 1290. The summed E-state index contributed by atoms with van der Waals surface area (Å²) in [5.41, 5.74) is 1.97. The van der Waals surface area contributed by atoms with Crippen molar-refractivity contribution in [3.63, 3.8) is 0 Å². The van der Waals surface area contributed by atoms with E-state index in [1.54, 1.807) is 45.9 Å². The highest BCUT2D eigenvalue weighted by molar-refractivity contribution is 6.51. The van der Waals surface area contributed by atoms with E-state index in [1.807, 2.05) is 0 Å². The van der Waals surface area contributed by atoms with Crippen LogP contribution in [0.3, 0.4) is 0 Å². The minimum atomic E-state index is -0.959. The number of ketones is 1. The van der Waals surface area contributed by atoms with Crippen LogP contribution in [0.2, 0.25) is 0 Å². The molecule has 1 unspecified atom stereocenters. The number of pyridine rings is 1. The van der Waals surface area contributed by atoms with Crippen molar-refractivity contribution in [1.82, 2.24) is 20.4 Å². The molecule has 170 valence electrons. The smallest absolute Gasteiger partial charge is 0.301 e. The molecule has 2 amide bonds. The maximum atomic E-state index is 13.2. The molecule has 4 heterocycles. The number of carbonyl (C=O) groups excluding carboxylic acids is 3. The van der Waals surface area contributed by atoms with Gasteiger partial charge in [-0.05, 0) is 51.0 Å². The fourth-order valence-corrected chi connectivity index (χ4v) is 4.11. The molecule has 1 aliphatic rings. The van der Waals surface area contributed by atoms with Crippen LogP contribution in [0.25, 0.3) is 5.76 Å². The van der Waals surface area contributed by atoms with E-state index in [0.717, 1.165) is 0 Å². The second kappa shape index (κ2) is 8.38. The minimum Gasteiger partial charge on any atom is -0.507 e. The van der Waals surface area contributed by atoms with Crippen LogP contribution < -0.4 is 10.2 Å². The van der Waals surface area contributed by atoms with Gasteiger partial charge in [-0.25, -0.2) is 0 Å². The number of anilines is 1. The van der Waals surface area contributed by atoms with Gasteiger partial charge >= 0.3 is 5.91 Å². The van der Waals surface area contributed by atoms with Gasteiger partial charge in [-0.2, -0.15) is 0 Å². The van der Waals surface area contributed by atoms with Crippen LogP contribution in [0.4, 0.5) is 5.82 Å². The molecule has 33 heavy (non-hydrogen) atoms. The summed E-state index contributed by atoms with van der Waals surface area (Å²) in [5, 5.41) is 18.0. The molecule has 0 aromatic carbocycles. The highest BCUT2D eigenvalue weighted by Crippen LogP contribution is 2.42. The number of carbonyl (C=O) groups is 3. The molecular weight excluding hydrogens is 426 g/mol. The summed E-state index contributed by atoms with van der Waals surface area (Å²) >= 11 is 0. The molecule has 3 aromatic heterocycles. The van der Waals surface area contributed by atoms with Crippen molar-refractivity contribution in [1.29, 1.82) is 0 Å². The number of aliphatic hydroxyl groups is 1. The van der Waals surface area contributed by atoms with Crippen LogP contribution in [0.1, 0.15) is 51.6 Å². The average Bonchev–Trinajstić information content (AvgIpc) is 3.43. The molecule has 1 saturated heterocycles. The van der Waals surface area contributed by atoms with Gasteiger partial charge < -0.3 is 19.9 Å². The standard InChI is InChI=1S/C23H23N5O5/c1-5-25-22(31)18-12(3)16(13(4)26-18)20(29)17-19(14-6-8-24-9-7-14)28(23(32)21(17)30)15-10-11(2)33-27-15/h6-10,19,26,29H,5H2,1-4H3,(H,25,31)/b20-17+. The number of nitrogens with one attached hydrogen (secondary N) is 2. The molecule has 0 aliphatic carbocycles. The predicted octanol–water partition coefficient (Wildman–Crippen LogP) is 2.70. The number of H-pyrrole nitrogens is 1. The van der Waals surface area contributed by atoms with Crippen molar-refractivity contribution in [2.75, 3.05) is 11.4 Å². The fraction of sp³-hybridized carbons (Fsp3) is 0.261. The lowest BCUT2D eigenvalue weighted by molar-refractivity contribution is -0.132. The van der Waals surface area contributed by atoms with E-state index < -0.39 is 17.7 Å². The molecule has 10 nitrogen and oxygen atoms in total. The van der Waals surface area contributed by atoms with Gasteiger partial charge in [0.05, 0.1) is 11.6 Å². The Labute approximate surface area is 189 Å². The van der Waals surface area contributed by atoms with Crippen molar-refractivity contribution in [3.05, 3.63) is 70.0 Å². The average molecular weight is 449 g/mol. The molecule has 1 atom stereocenters. The second-order valence-corrected chi connectivity index (χ2v) is 7.73. The highest BCUT2D eigenvalue weighted by atomic mass is 16.5. The number of Topliss-reactive ketones (excluding diaryl/α,β-unsaturated/α-hetero) is 1. The Hall–Kier alpha value is -4.21. The minimum absolute atomic E-state index is 0.112. The molecule has 0 bridgehead atoms. The molecule has 0 radical (unpaired) electrons. The van der Waals surface area contributed by atoms with E-state index in [-0.39, 0.29) is 28.8 Å². The summed E-state index contributed by atoms with van der Waals surface area (Å²) in [7, 11) is 0. The molecule has 0 spiro atoms. The van der Waals surface area contributed by atoms with Crippen LogP contribution in [0.15, 0.2) is 40.7 Å². The van der Waals surface area contributed by atoms with Gasteiger partial charge in [-0.3, -0.25) is 24.3 Å². The zero-order valence-electron chi connectivity index (χ0n) is 18.6. The van der Waals surface area contributed by atoms with Crippen molar-refractivity contribution < 1.29 is 24.0 Å². The molecule has 1 fully saturated rings. The number of hydrogen-bond donors (Lipinski definition) is 3. The van der Waals surface area contributed by atoms with Gasteiger partial charge in [0.1, 0.15) is 17.2 Å². The molecule has 10 heteroatoms. The number of hydrogen-bond acceptors (Lipinski definition) is 7. The lowest BCUT2D eigenvalue weighted by atomic mass is 9.94. The van der Waals surface area contributed by atoms with E-state index in [2.05, 4.69) is 20.4 Å². The second-order valence-electron chi connectivity index (χ2n) is 7.73. The SMILES string of the molecule is CCNC(=O)c1[nH]c(C)c(/C(O)=C2\C(=O)C(=O)N(c3cc(C)on3)C2c2ccncc2)c1C. The van der Waals surface area contributed by atoms with Gasteiger partial charge in [0.2, 0.25) is 0 Å². The number of aryl methyl sites for hydroxylation is 2. The molecule has 4 rings (SSSR count). The van der Waals surface area contributed by atoms with E-state index >= 15 is 0 Å². The molecule has 3 N–H and O–H groups in total.